The molecule has 0 bridgehead atoms. The Hall–Kier alpha value is -1.06. The van der Waals surface area contributed by atoms with E-state index in [-0.39, 0.29) is 0 Å². The summed E-state index contributed by atoms with van der Waals surface area (Å²) in [6.45, 7) is 0. The van der Waals surface area contributed by atoms with E-state index in [9.17, 15) is 9.90 Å². The van der Waals surface area contributed by atoms with E-state index in [0.29, 0.717) is 6.34 Å². The van der Waals surface area contributed by atoms with Gasteiger partial charge >= 0.3 is 0 Å². The van der Waals surface area contributed by atoms with Gasteiger partial charge in [0.1, 0.15) is 0 Å². The molecule has 4 nitrogen and oxygen atoms in total. The van der Waals surface area contributed by atoms with Crippen LogP contribution in [0.2, 0.25) is 0 Å². The van der Waals surface area contributed by atoms with Crippen molar-refractivity contribution in [3.8, 4) is 0 Å². The number of carboxylic acid groups (broad SMARTS) is 1. The summed E-state index contributed by atoms with van der Waals surface area (Å²) in [5.74, 6) is 0. The first-order valence-corrected chi connectivity index (χ1v) is 1.22. The van der Waals surface area contributed by atoms with E-state index in [2.05, 4.69) is 10.7 Å². The van der Waals surface area contributed by atoms with Crippen LogP contribution in [0.4, 0.5) is 4.79 Å². The molecule has 0 aliphatic heterocycles. The van der Waals surface area contributed by atoms with Crippen LogP contribution < -0.4 is 10.8 Å². The van der Waals surface area contributed by atoms with E-state index < -0.39 is 6.09 Å². The van der Waals surface area contributed by atoms with Gasteiger partial charge in [0.2, 0.25) is 0 Å². The highest BCUT2D eigenvalue weighted by molar-refractivity contribution is 5.74. The first kappa shape index (κ1) is 4.94. The highest BCUT2D eigenvalue weighted by Gasteiger charge is 1.61. The fourth-order valence-electron chi connectivity index (χ4n) is 0.0609. The zero-order valence-electron chi connectivity index (χ0n) is 2.92. The van der Waals surface area contributed by atoms with Crippen molar-refractivity contribution in [3.05, 3.63) is 0 Å². The molecule has 0 unspecified atom stereocenters. The van der Waals surface area contributed by atoms with Gasteiger partial charge in [-0.15, -0.1) is 0 Å². The summed E-state index contributed by atoms with van der Waals surface area (Å²) in [5.41, 5.74) is 4.52. The van der Waals surface area contributed by atoms with Gasteiger partial charge < -0.3 is 15.6 Å². The molecule has 0 aromatic heterocycles. The highest BCUT2D eigenvalue weighted by Crippen LogP contribution is 1.54. The molecular weight excluding hydrogens is 84.0 g/mol. The first-order chi connectivity index (χ1) is 2.77. The number of carbonyl (C=O) groups excluding carboxylic acids is 1. The maximum atomic E-state index is 9.21. The maximum absolute atomic E-state index is 9.21. The number of rotatable bonds is 0. The SMILES string of the molecule is N/C=N/C(=O)[O-]. The average Bonchev–Trinajstić information content (AvgIpc) is 1.35. The molecule has 6 heavy (non-hydrogen) atoms. The van der Waals surface area contributed by atoms with Gasteiger partial charge in [0.25, 0.3) is 0 Å². The lowest BCUT2D eigenvalue weighted by molar-refractivity contribution is -0.245. The van der Waals surface area contributed by atoms with Gasteiger partial charge in [0.05, 0.1) is 6.34 Å². The molecular formula is C2H3N2O2-. The van der Waals surface area contributed by atoms with Gasteiger partial charge in [-0.25, -0.2) is 4.99 Å². The minimum Gasteiger partial charge on any atom is -0.528 e. The lowest BCUT2D eigenvalue weighted by Gasteiger charge is -1.83. The minimum absolute atomic E-state index is 0.662. The van der Waals surface area contributed by atoms with Crippen LogP contribution in [0.3, 0.4) is 0 Å². The van der Waals surface area contributed by atoms with E-state index in [1.54, 1.807) is 0 Å². The van der Waals surface area contributed by atoms with E-state index in [1.165, 1.54) is 0 Å². The molecule has 0 aromatic carbocycles. The van der Waals surface area contributed by atoms with Crippen molar-refractivity contribution in [3.63, 3.8) is 0 Å². The molecule has 2 N–H and O–H groups in total. The van der Waals surface area contributed by atoms with Gasteiger partial charge in [-0.1, -0.05) is 0 Å². The molecule has 0 fully saturated rings. The first-order valence-electron chi connectivity index (χ1n) is 1.22. The Balaban J connectivity index is 3.30. The molecule has 0 saturated carbocycles. The summed E-state index contributed by atoms with van der Waals surface area (Å²) in [5, 5.41) is 9.21. The lowest BCUT2D eigenvalue weighted by atomic mass is 11.2. The molecule has 0 saturated heterocycles. The minimum atomic E-state index is -1.52. The van der Waals surface area contributed by atoms with Crippen molar-refractivity contribution in [2.45, 2.75) is 0 Å². The Kier molecular flexibility index (Phi) is 1.81. The van der Waals surface area contributed by atoms with Crippen LogP contribution in [0, 0.1) is 0 Å². The van der Waals surface area contributed by atoms with E-state index in [4.69, 9.17) is 0 Å². The lowest BCUT2D eigenvalue weighted by Crippen LogP contribution is -2.18. The predicted molar refractivity (Wildman–Crippen MR) is 18.1 cm³/mol. The Bertz CT molecular complexity index is 77.6. The van der Waals surface area contributed by atoms with Crippen LogP contribution in [-0.2, 0) is 0 Å². The number of hydrogen-bond donors (Lipinski definition) is 1. The molecule has 34 valence electrons. The van der Waals surface area contributed by atoms with Crippen LogP contribution in [-0.4, -0.2) is 12.4 Å². The summed E-state index contributed by atoms with van der Waals surface area (Å²) in [4.78, 5) is 11.8. The van der Waals surface area contributed by atoms with Crippen molar-refractivity contribution < 1.29 is 9.90 Å². The summed E-state index contributed by atoms with van der Waals surface area (Å²) in [6.07, 6.45) is -0.854. The molecule has 0 heterocycles. The van der Waals surface area contributed by atoms with Crippen LogP contribution in [0.5, 0.6) is 0 Å². The maximum Gasteiger partial charge on any atom is 0.163 e. The summed E-state index contributed by atoms with van der Waals surface area (Å²) >= 11 is 0. The second-order valence-electron chi connectivity index (χ2n) is 0.544. The van der Waals surface area contributed by atoms with Gasteiger partial charge in [-0.3, -0.25) is 0 Å². The Morgan fingerprint density at radius 2 is 2.50 bits per heavy atom. The number of hydrogen-bond acceptors (Lipinski definition) is 2. The number of carbonyl (C=O) groups is 1. The molecule has 0 aliphatic carbocycles. The largest absolute Gasteiger partial charge is 0.528 e. The summed E-state index contributed by atoms with van der Waals surface area (Å²) in [6, 6.07) is 0. The molecule has 0 rings (SSSR count). The monoisotopic (exact) mass is 87.0 g/mol. The van der Waals surface area contributed by atoms with Gasteiger partial charge in [0.15, 0.2) is 6.09 Å². The normalized spacial score (nSPS) is 9.33. The standard InChI is InChI=1S/C2H4N2O2/c3-1-4-2(5)6/h1H,(H2,3,4)(H,5,6)/p-1. The zero-order chi connectivity index (χ0) is 4.99. The highest BCUT2D eigenvalue weighted by atomic mass is 16.4. The molecule has 0 aliphatic rings. The molecule has 0 spiro atoms. The second-order valence-corrected chi connectivity index (χ2v) is 0.544. The zero-order valence-corrected chi connectivity index (χ0v) is 2.92. The van der Waals surface area contributed by atoms with Crippen molar-refractivity contribution in [2.24, 2.45) is 10.7 Å². The molecule has 0 atom stereocenters. The van der Waals surface area contributed by atoms with Crippen molar-refractivity contribution in [1.29, 1.82) is 0 Å². The molecule has 1 amide bonds. The number of nitrogens with zero attached hydrogens (tertiary/aromatic N) is 1. The van der Waals surface area contributed by atoms with E-state index in [1.807, 2.05) is 0 Å². The fourth-order valence-corrected chi connectivity index (χ4v) is 0.0609. The molecule has 0 radical (unpaired) electrons. The van der Waals surface area contributed by atoms with Gasteiger partial charge in [0, 0.05) is 0 Å². The predicted octanol–water partition coefficient (Wildman–Crippen LogP) is -1.68. The number of nitrogens with two attached hydrogens (primary N) is 1. The smallest absolute Gasteiger partial charge is 0.163 e. The summed E-state index contributed by atoms with van der Waals surface area (Å²) in [7, 11) is 0. The van der Waals surface area contributed by atoms with Crippen LogP contribution in [0.1, 0.15) is 0 Å². The summed E-state index contributed by atoms with van der Waals surface area (Å²) < 4.78 is 0. The Morgan fingerprint density at radius 3 is 2.50 bits per heavy atom. The third kappa shape index (κ3) is 2.94. The van der Waals surface area contributed by atoms with Crippen LogP contribution in [0.15, 0.2) is 4.99 Å². The fraction of sp³-hybridized carbons (Fsp3) is 0. The molecule has 4 heteroatoms. The van der Waals surface area contributed by atoms with Crippen LogP contribution >= 0.6 is 0 Å². The quantitative estimate of drug-likeness (QED) is 0.283. The van der Waals surface area contributed by atoms with E-state index >= 15 is 0 Å². The molecule has 0 aromatic rings. The van der Waals surface area contributed by atoms with Crippen molar-refractivity contribution in [1.82, 2.24) is 0 Å². The van der Waals surface area contributed by atoms with Gasteiger partial charge in [-0.2, -0.15) is 0 Å². The number of amides is 1. The van der Waals surface area contributed by atoms with Crippen LogP contribution in [0.25, 0.3) is 0 Å². The Labute approximate surface area is 34.3 Å². The van der Waals surface area contributed by atoms with Crippen molar-refractivity contribution >= 4 is 12.4 Å². The van der Waals surface area contributed by atoms with E-state index in [0.717, 1.165) is 0 Å². The topological polar surface area (TPSA) is 78.5 Å². The average molecular weight is 87.1 g/mol. The Morgan fingerprint density at radius 1 is 2.00 bits per heavy atom. The second kappa shape index (κ2) is 2.19. The third-order valence-electron chi connectivity index (χ3n) is 0.180. The third-order valence-corrected chi connectivity index (χ3v) is 0.180. The van der Waals surface area contributed by atoms with Crippen molar-refractivity contribution in [2.75, 3.05) is 0 Å². The van der Waals surface area contributed by atoms with Gasteiger partial charge in [-0.05, 0) is 0 Å². The number of aliphatic imine (C=N–C) groups is 1.